The molecule has 9 heteroatoms. The van der Waals surface area contributed by atoms with E-state index in [-0.39, 0.29) is 23.5 Å². The van der Waals surface area contributed by atoms with E-state index in [2.05, 4.69) is 9.89 Å². The van der Waals surface area contributed by atoms with Gasteiger partial charge in [0.25, 0.3) is 0 Å². The summed E-state index contributed by atoms with van der Waals surface area (Å²) >= 11 is 11.2. The Hall–Kier alpha value is -2.38. The first-order valence-electron chi connectivity index (χ1n) is 9.11. The average Bonchev–Trinajstić information content (AvgIpc) is 2.68. The second kappa shape index (κ2) is 10.1. The lowest BCUT2D eigenvalue weighted by Crippen LogP contribution is -2.17. The number of fused-ring (bicyclic) bond motifs is 1. The van der Waals surface area contributed by atoms with Gasteiger partial charge in [0.05, 0.1) is 5.71 Å². The Balaban J connectivity index is 1.64. The monoisotopic (exact) mass is 459 g/mol. The fourth-order valence-electron chi connectivity index (χ4n) is 3.06. The van der Waals surface area contributed by atoms with Crippen LogP contribution in [0, 0.1) is 0 Å². The first-order chi connectivity index (χ1) is 14.3. The van der Waals surface area contributed by atoms with Gasteiger partial charge < -0.3 is 14.3 Å². The zero-order chi connectivity index (χ0) is 21.6. The third kappa shape index (κ3) is 6.57. The zero-order valence-corrected chi connectivity index (χ0v) is 17.2. The molecule has 0 unspecified atom stereocenters. The molecule has 0 saturated carbocycles. The summed E-state index contributed by atoms with van der Waals surface area (Å²) in [6.07, 6.45) is -0.654. The highest BCUT2D eigenvalue weighted by atomic mass is 35.5. The lowest BCUT2D eigenvalue weighted by molar-refractivity contribution is -0.274. The van der Waals surface area contributed by atoms with Crippen LogP contribution >= 0.6 is 23.2 Å². The molecular weight excluding hydrogens is 442 g/mol. The van der Waals surface area contributed by atoms with Gasteiger partial charge in [0, 0.05) is 11.1 Å². The molecule has 0 radical (unpaired) electrons. The molecular formula is C21H18Cl2F3NO3. The molecule has 0 atom stereocenters. The van der Waals surface area contributed by atoms with E-state index in [1.807, 2.05) is 18.2 Å². The van der Waals surface area contributed by atoms with E-state index in [1.54, 1.807) is 6.08 Å². The molecule has 0 saturated heterocycles. The van der Waals surface area contributed by atoms with E-state index in [9.17, 15) is 13.2 Å². The molecule has 0 heterocycles. The van der Waals surface area contributed by atoms with Gasteiger partial charge in [-0.3, -0.25) is 0 Å². The van der Waals surface area contributed by atoms with Crippen LogP contribution in [0.15, 0.2) is 58.2 Å². The summed E-state index contributed by atoms with van der Waals surface area (Å²) in [4.78, 5) is 5.45. The Kier molecular flexibility index (Phi) is 7.50. The molecule has 1 aliphatic rings. The molecule has 0 aromatic heterocycles. The first-order valence-corrected chi connectivity index (χ1v) is 9.87. The van der Waals surface area contributed by atoms with Crippen LogP contribution in [0.2, 0.25) is 0 Å². The van der Waals surface area contributed by atoms with Crippen molar-refractivity contribution in [3.8, 4) is 11.5 Å². The molecule has 3 rings (SSSR count). The number of hydrogen-bond acceptors (Lipinski definition) is 4. The van der Waals surface area contributed by atoms with Crippen LogP contribution < -0.4 is 9.47 Å². The van der Waals surface area contributed by atoms with E-state index in [4.69, 9.17) is 32.8 Å². The highest BCUT2D eigenvalue weighted by Crippen LogP contribution is 2.30. The lowest BCUT2D eigenvalue weighted by Gasteiger charge is -2.20. The highest BCUT2D eigenvalue weighted by Gasteiger charge is 2.30. The van der Waals surface area contributed by atoms with Crippen LogP contribution in [0.4, 0.5) is 13.2 Å². The van der Waals surface area contributed by atoms with Crippen LogP contribution in [0.25, 0.3) is 0 Å². The van der Waals surface area contributed by atoms with Crippen molar-refractivity contribution in [1.82, 2.24) is 0 Å². The summed E-state index contributed by atoms with van der Waals surface area (Å²) in [6.45, 7) is 0.385. The molecule has 30 heavy (non-hydrogen) atoms. The topological polar surface area (TPSA) is 40.0 Å². The fraction of sp³-hybridized carbons (Fsp3) is 0.286. The van der Waals surface area contributed by atoms with Crippen LogP contribution in [0.1, 0.15) is 29.5 Å². The van der Waals surface area contributed by atoms with Crippen molar-refractivity contribution < 1.29 is 27.5 Å². The van der Waals surface area contributed by atoms with Crippen molar-refractivity contribution >= 4 is 28.9 Å². The normalized spacial score (nSPS) is 14.8. The van der Waals surface area contributed by atoms with Gasteiger partial charge in [-0.1, -0.05) is 52.6 Å². The standard InChI is InChI=1S/C21H18Cl2F3NO3/c22-20(23)11-12-28-19-6-2-3-16-17(19)4-1-5-18(16)27-29-13-14-7-9-15(10-8-14)30-21(24,25)26/h2-3,6-11H,1,4-5,12-13H2/b27-18+. The average molecular weight is 460 g/mol. The van der Waals surface area contributed by atoms with E-state index in [0.29, 0.717) is 5.56 Å². The highest BCUT2D eigenvalue weighted by molar-refractivity contribution is 6.55. The molecule has 4 nitrogen and oxygen atoms in total. The predicted molar refractivity (Wildman–Crippen MR) is 109 cm³/mol. The molecule has 1 aliphatic carbocycles. The predicted octanol–water partition coefficient (Wildman–Crippen LogP) is 6.54. The maximum absolute atomic E-state index is 12.2. The van der Waals surface area contributed by atoms with Crippen molar-refractivity contribution in [1.29, 1.82) is 0 Å². The van der Waals surface area contributed by atoms with Crippen LogP contribution in [-0.2, 0) is 17.9 Å². The quantitative estimate of drug-likeness (QED) is 0.441. The van der Waals surface area contributed by atoms with Crippen LogP contribution in [-0.4, -0.2) is 18.7 Å². The van der Waals surface area contributed by atoms with Gasteiger partial charge in [-0.15, -0.1) is 13.2 Å². The van der Waals surface area contributed by atoms with Gasteiger partial charge >= 0.3 is 6.36 Å². The molecule has 0 aliphatic heterocycles. The zero-order valence-electron chi connectivity index (χ0n) is 15.7. The smallest absolute Gasteiger partial charge is 0.489 e. The molecule has 160 valence electrons. The van der Waals surface area contributed by atoms with Gasteiger partial charge in [-0.25, -0.2) is 0 Å². The summed E-state index contributed by atoms with van der Waals surface area (Å²) in [7, 11) is 0. The van der Waals surface area contributed by atoms with E-state index >= 15 is 0 Å². The van der Waals surface area contributed by atoms with Crippen molar-refractivity contribution in [2.45, 2.75) is 32.2 Å². The second-order valence-corrected chi connectivity index (χ2v) is 7.45. The third-order valence-corrected chi connectivity index (χ3v) is 4.63. The lowest BCUT2D eigenvalue weighted by atomic mass is 9.89. The van der Waals surface area contributed by atoms with Gasteiger partial charge in [0.1, 0.15) is 29.2 Å². The van der Waals surface area contributed by atoms with Crippen LogP contribution in [0.3, 0.4) is 0 Å². The molecule has 0 N–H and O–H groups in total. The molecule has 0 bridgehead atoms. The number of alkyl halides is 3. The minimum Gasteiger partial charge on any atom is -0.489 e. The molecule has 0 amide bonds. The Morgan fingerprint density at radius 1 is 1.07 bits per heavy atom. The van der Waals surface area contributed by atoms with Crippen molar-refractivity contribution in [2.24, 2.45) is 5.16 Å². The van der Waals surface area contributed by atoms with Crippen molar-refractivity contribution in [2.75, 3.05) is 6.61 Å². The van der Waals surface area contributed by atoms with Gasteiger partial charge in [0.15, 0.2) is 0 Å². The van der Waals surface area contributed by atoms with Crippen LogP contribution in [0.5, 0.6) is 11.5 Å². The van der Waals surface area contributed by atoms with E-state index in [0.717, 1.165) is 41.9 Å². The number of nitrogens with zero attached hydrogens (tertiary/aromatic N) is 1. The summed E-state index contributed by atoms with van der Waals surface area (Å²) in [5, 5.41) is 4.25. The van der Waals surface area contributed by atoms with E-state index in [1.165, 1.54) is 24.3 Å². The maximum Gasteiger partial charge on any atom is 0.573 e. The Morgan fingerprint density at radius 2 is 1.83 bits per heavy atom. The molecule has 0 fully saturated rings. The van der Waals surface area contributed by atoms with Gasteiger partial charge in [-0.2, -0.15) is 0 Å². The fourth-order valence-corrected chi connectivity index (χ4v) is 3.18. The number of rotatable bonds is 7. The minimum atomic E-state index is -4.71. The van der Waals surface area contributed by atoms with Gasteiger partial charge in [0.2, 0.25) is 0 Å². The Bertz CT molecular complexity index is 924. The van der Waals surface area contributed by atoms with Crippen molar-refractivity contribution in [3.05, 3.63) is 69.7 Å². The second-order valence-electron chi connectivity index (χ2n) is 6.44. The van der Waals surface area contributed by atoms with E-state index < -0.39 is 6.36 Å². The molecule has 2 aromatic rings. The number of benzene rings is 2. The maximum atomic E-state index is 12.2. The summed E-state index contributed by atoms with van der Waals surface area (Å²) in [6, 6.07) is 11.2. The number of oxime groups is 1. The minimum absolute atomic E-state index is 0.125. The SMILES string of the molecule is FC(F)(F)Oc1ccc(CO/N=C2\CCCc3c(OCC=C(Cl)Cl)cccc32)cc1. The number of ether oxygens (including phenoxy) is 2. The number of halogens is 5. The summed E-state index contributed by atoms with van der Waals surface area (Å²) in [5.41, 5.74) is 3.46. The number of hydrogen-bond donors (Lipinski definition) is 0. The Morgan fingerprint density at radius 3 is 2.53 bits per heavy atom. The van der Waals surface area contributed by atoms with Crippen molar-refractivity contribution in [3.63, 3.8) is 0 Å². The summed E-state index contributed by atoms with van der Waals surface area (Å²) in [5.74, 6) is 0.461. The third-order valence-electron chi connectivity index (χ3n) is 4.32. The molecule has 2 aromatic carbocycles. The molecule has 0 spiro atoms. The summed E-state index contributed by atoms with van der Waals surface area (Å²) < 4.78 is 46.4. The largest absolute Gasteiger partial charge is 0.573 e. The first kappa shape index (κ1) is 22.3. The van der Waals surface area contributed by atoms with Gasteiger partial charge in [-0.05, 0) is 49.1 Å². The Labute approximate surface area is 181 Å².